The van der Waals surface area contributed by atoms with Gasteiger partial charge in [0.25, 0.3) is 5.56 Å². The van der Waals surface area contributed by atoms with Crippen molar-refractivity contribution in [1.82, 2.24) is 29.3 Å². The zero-order valence-corrected chi connectivity index (χ0v) is 18.3. The molecule has 0 aliphatic heterocycles. The molecule has 1 N–H and O–H groups in total. The second-order valence-electron chi connectivity index (χ2n) is 7.30. The summed E-state index contributed by atoms with van der Waals surface area (Å²) in [4.78, 5) is 25.6. The van der Waals surface area contributed by atoms with Crippen LogP contribution in [0.15, 0.2) is 47.5 Å². The summed E-state index contributed by atoms with van der Waals surface area (Å²) in [6.07, 6.45) is 3.35. The van der Waals surface area contributed by atoms with Crippen molar-refractivity contribution in [2.24, 2.45) is 7.05 Å². The quantitative estimate of drug-likeness (QED) is 0.440. The van der Waals surface area contributed by atoms with Crippen molar-refractivity contribution in [3.05, 3.63) is 63.7 Å². The molecule has 9 nitrogen and oxygen atoms in total. The van der Waals surface area contributed by atoms with Crippen LogP contribution in [0.4, 0.5) is 0 Å². The first-order valence-corrected chi connectivity index (χ1v) is 10.1. The van der Waals surface area contributed by atoms with Gasteiger partial charge < -0.3 is 19.0 Å². The fourth-order valence-electron chi connectivity index (χ4n) is 3.67. The van der Waals surface area contributed by atoms with Crippen LogP contribution < -0.4 is 15.0 Å². The molecular weight excluding hydrogens is 432 g/mol. The predicted molar refractivity (Wildman–Crippen MR) is 122 cm³/mol. The van der Waals surface area contributed by atoms with E-state index in [4.69, 9.17) is 21.1 Å². The minimum atomic E-state index is -0.280. The molecule has 4 heterocycles. The largest absolute Gasteiger partial charge is 0.497 e. The van der Waals surface area contributed by atoms with E-state index in [9.17, 15) is 4.79 Å². The second kappa shape index (κ2) is 7.69. The van der Waals surface area contributed by atoms with E-state index in [1.54, 1.807) is 49.0 Å². The molecule has 0 bridgehead atoms. The van der Waals surface area contributed by atoms with Crippen molar-refractivity contribution in [3.63, 3.8) is 0 Å². The maximum atomic E-state index is 13.7. The zero-order valence-electron chi connectivity index (χ0n) is 17.6. The molecule has 0 radical (unpaired) electrons. The molecule has 162 valence electrons. The lowest BCUT2D eigenvalue weighted by molar-refractivity contribution is 0.413. The summed E-state index contributed by atoms with van der Waals surface area (Å²) in [5.41, 5.74) is 3.14. The third-order valence-electron chi connectivity index (χ3n) is 5.27. The van der Waals surface area contributed by atoms with Crippen LogP contribution in [-0.4, -0.2) is 43.5 Å². The summed E-state index contributed by atoms with van der Waals surface area (Å²) in [6.45, 7) is 0.335. The fraction of sp³-hybridized carbons (Fsp3) is 0.182. The number of hydrogen-bond acceptors (Lipinski definition) is 6. The average Bonchev–Trinajstić information content (AvgIpc) is 3.40. The van der Waals surface area contributed by atoms with Crippen molar-refractivity contribution in [2.75, 3.05) is 14.2 Å². The predicted octanol–water partition coefficient (Wildman–Crippen LogP) is 3.39. The molecule has 0 spiro atoms. The van der Waals surface area contributed by atoms with E-state index in [1.807, 2.05) is 24.3 Å². The van der Waals surface area contributed by atoms with Crippen LogP contribution in [0.25, 0.3) is 33.6 Å². The van der Waals surface area contributed by atoms with Crippen LogP contribution in [-0.2, 0) is 13.6 Å². The Bertz CT molecular complexity index is 1520. The summed E-state index contributed by atoms with van der Waals surface area (Å²) >= 11 is 6.68. The lowest BCUT2D eigenvalue weighted by atomic mass is 10.2. The van der Waals surface area contributed by atoms with Crippen LogP contribution in [0.2, 0.25) is 5.02 Å². The van der Waals surface area contributed by atoms with E-state index in [-0.39, 0.29) is 16.1 Å². The van der Waals surface area contributed by atoms with Crippen molar-refractivity contribution in [1.29, 1.82) is 0 Å². The number of ether oxygens (including phenoxy) is 2. The van der Waals surface area contributed by atoms with Gasteiger partial charge in [-0.3, -0.25) is 9.48 Å². The monoisotopic (exact) mass is 450 g/mol. The molecule has 0 unspecified atom stereocenters. The first-order chi connectivity index (χ1) is 15.5. The Morgan fingerprint density at radius 3 is 2.59 bits per heavy atom. The Hall–Kier alpha value is -3.85. The number of halogens is 1. The molecule has 1 aromatic carbocycles. The minimum absolute atomic E-state index is 0.239. The van der Waals surface area contributed by atoms with Crippen molar-refractivity contribution in [2.45, 2.75) is 6.54 Å². The molecule has 0 fully saturated rings. The fourth-order valence-corrected chi connectivity index (χ4v) is 3.98. The number of aromatic nitrogens is 6. The van der Waals surface area contributed by atoms with Gasteiger partial charge in [-0.25, -0.2) is 9.97 Å². The zero-order chi connectivity index (χ0) is 22.4. The molecule has 0 aliphatic rings. The Kier molecular flexibility index (Phi) is 4.82. The van der Waals surface area contributed by atoms with Crippen LogP contribution in [0, 0.1) is 0 Å². The molecule has 0 saturated heterocycles. The number of aromatic amines is 1. The smallest absolute Gasteiger partial charge is 0.264 e. The van der Waals surface area contributed by atoms with Crippen molar-refractivity contribution >= 4 is 33.8 Å². The Labute approximate surface area is 187 Å². The highest BCUT2D eigenvalue weighted by Gasteiger charge is 2.22. The van der Waals surface area contributed by atoms with Gasteiger partial charge in [0.15, 0.2) is 5.65 Å². The molecule has 0 amide bonds. The normalized spacial score (nSPS) is 11.4. The Balaban J connectivity index is 1.72. The third kappa shape index (κ3) is 3.27. The van der Waals surface area contributed by atoms with Crippen LogP contribution in [0.1, 0.15) is 5.56 Å². The van der Waals surface area contributed by atoms with E-state index in [2.05, 4.69) is 20.1 Å². The van der Waals surface area contributed by atoms with E-state index in [0.717, 1.165) is 11.3 Å². The van der Waals surface area contributed by atoms with Gasteiger partial charge in [-0.1, -0.05) is 23.7 Å². The van der Waals surface area contributed by atoms with Crippen molar-refractivity contribution < 1.29 is 9.47 Å². The van der Waals surface area contributed by atoms with Crippen LogP contribution in [0.5, 0.6) is 11.5 Å². The highest BCUT2D eigenvalue weighted by molar-refractivity contribution is 6.37. The SMILES string of the molecule is COc1ccc(Cn2c(=O)c(-c3nc4ncc(OC)cc4[nH]3)c(Cl)c3nn(C)cc32)cc1. The number of hydrogen-bond donors (Lipinski definition) is 1. The number of pyridine rings is 2. The Morgan fingerprint density at radius 2 is 1.88 bits per heavy atom. The topological polar surface area (TPSA) is 99.8 Å². The van der Waals surface area contributed by atoms with Gasteiger partial charge in [0.05, 0.1) is 43.0 Å². The maximum Gasteiger partial charge on any atom is 0.264 e. The molecular formula is C22H19ClN6O3. The number of fused-ring (bicyclic) bond motifs is 2. The lowest BCUT2D eigenvalue weighted by Crippen LogP contribution is -2.23. The Morgan fingerprint density at radius 1 is 1.12 bits per heavy atom. The van der Waals surface area contributed by atoms with Gasteiger partial charge in [0.2, 0.25) is 0 Å². The molecule has 4 aromatic heterocycles. The van der Waals surface area contributed by atoms with Crippen molar-refractivity contribution in [3.8, 4) is 22.9 Å². The van der Waals surface area contributed by atoms with Gasteiger partial charge in [-0.15, -0.1) is 0 Å². The molecule has 5 aromatic rings. The first-order valence-electron chi connectivity index (χ1n) is 9.77. The average molecular weight is 451 g/mol. The van der Waals surface area contributed by atoms with Gasteiger partial charge in [-0.05, 0) is 17.7 Å². The van der Waals surface area contributed by atoms with Gasteiger partial charge >= 0.3 is 0 Å². The molecule has 0 atom stereocenters. The summed E-state index contributed by atoms with van der Waals surface area (Å²) in [5, 5.41) is 4.72. The van der Waals surface area contributed by atoms with Crippen LogP contribution in [0.3, 0.4) is 0 Å². The summed E-state index contributed by atoms with van der Waals surface area (Å²) in [7, 11) is 4.96. The number of nitrogens with one attached hydrogen (secondary N) is 1. The van der Waals surface area contributed by atoms with Gasteiger partial charge in [-0.2, -0.15) is 5.10 Å². The number of aryl methyl sites for hydroxylation is 1. The maximum absolute atomic E-state index is 13.7. The number of nitrogens with zero attached hydrogens (tertiary/aromatic N) is 5. The second-order valence-corrected chi connectivity index (χ2v) is 7.67. The van der Waals surface area contributed by atoms with Gasteiger partial charge in [0, 0.05) is 19.3 Å². The number of H-pyrrole nitrogens is 1. The highest BCUT2D eigenvalue weighted by atomic mass is 35.5. The number of rotatable bonds is 5. The number of imidazole rings is 1. The van der Waals surface area contributed by atoms with E-state index >= 15 is 0 Å². The van der Waals surface area contributed by atoms with E-state index in [1.165, 1.54) is 0 Å². The number of benzene rings is 1. The standard InChI is InChI=1S/C22H19ClN6O3/c1-28-11-16-19(27-28)18(23)17(21-25-15-8-14(32-3)9-24-20(15)26-21)22(30)29(16)10-12-4-6-13(31-2)7-5-12/h4-9,11H,10H2,1-3H3,(H,24,25,26). The molecule has 32 heavy (non-hydrogen) atoms. The van der Waals surface area contributed by atoms with Gasteiger partial charge in [0.1, 0.15) is 28.4 Å². The van der Waals surface area contributed by atoms with Crippen LogP contribution >= 0.6 is 11.6 Å². The van der Waals surface area contributed by atoms with E-state index in [0.29, 0.717) is 40.3 Å². The highest BCUT2D eigenvalue weighted by Crippen LogP contribution is 2.31. The molecule has 10 heteroatoms. The lowest BCUT2D eigenvalue weighted by Gasteiger charge is -2.11. The number of methoxy groups -OCH3 is 2. The minimum Gasteiger partial charge on any atom is -0.497 e. The van der Waals surface area contributed by atoms with E-state index < -0.39 is 0 Å². The summed E-state index contributed by atoms with van der Waals surface area (Å²) < 4.78 is 13.7. The molecule has 5 rings (SSSR count). The third-order valence-corrected chi connectivity index (χ3v) is 5.64. The molecule has 0 saturated carbocycles. The summed E-state index contributed by atoms with van der Waals surface area (Å²) in [6, 6.07) is 9.31. The molecule has 0 aliphatic carbocycles. The summed E-state index contributed by atoms with van der Waals surface area (Å²) in [5.74, 6) is 1.65. The first kappa shape index (κ1) is 20.1.